The predicted octanol–water partition coefficient (Wildman–Crippen LogP) is 2.16. The van der Waals surface area contributed by atoms with Crippen molar-refractivity contribution in [1.29, 1.82) is 0 Å². The molecule has 1 N–H and O–H groups in total. The highest BCUT2D eigenvalue weighted by Crippen LogP contribution is 2.26. The van der Waals surface area contributed by atoms with Gasteiger partial charge in [-0.05, 0) is 38.8 Å². The third-order valence-electron chi connectivity index (χ3n) is 3.34. The number of hydrogen-bond acceptors (Lipinski definition) is 5. The molecule has 0 saturated heterocycles. The van der Waals surface area contributed by atoms with Crippen LogP contribution in [0.1, 0.15) is 35.8 Å². The van der Waals surface area contributed by atoms with Crippen LogP contribution >= 0.6 is 0 Å². The summed E-state index contributed by atoms with van der Waals surface area (Å²) in [7, 11) is 1.37. The molecule has 2 rings (SSSR count). The third-order valence-corrected chi connectivity index (χ3v) is 3.34. The SMILES string of the molecule is CCOC1CC(Nc2ccc(C(=O)OC)c(C)n2)C1. The number of ether oxygens (including phenoxy) is 2. The van der Waals surface area contributed by atoms with E-state index >= 15 is 0 Å². The fraction of sp³-hybridized carbons (Fsp3) is 0.571. The number of nitrogens with zero attached hydrogens (tertiary/aromatic N) is 1. The van der Waals surface area contributed by atoms with Gasteiger partial charge in [-0.15, -0.1) is 0 Å². The van der Waals surface area contributed by atoms with Crippen molar-refractivity contribution in [2.45, 2.75) is 38.8 Å². The lowest BCUT2D eigenvalue weighted by Gasteiger charge is -2.35. The molecule has 0 aliphatic heterocycles. The summed E-state index contributed by atoms with van der Waals surface area (Å²) in [6, 6.07) is 3.97. The van der Waals surface area contributed by atoms with E-state index < -0.39 is 0 Å². The molecule has 0 aromatic carbocycles. The van der Waals surface area contributed by atoms with E-state index in [-0.39, 0.29) is 5.97 Å². The molecule has 5 heteroatoms. The van der Waals surface area contributed by atoms with Crippen LogP contribution in [0, 0.1) is 6.92 Å². The molecule has 0 amide bonds. The summed E-state index contributed by atoms with van der Waals surface area (Å²) in [5, 5.41) is 3.35. The van der Waals surface area contributed by atoms with Crippen molar-refractivity contribution in [3.8, 4) is 0 Å². The number of nitrogens with one attached hydrogen (secondary N) is 1. The number of aryl methyl sites for hydroxylation is 1. The Balaban J connectivity index is 1.92. The molecule has 1 fully saturated rings. The van der Waals surface area contributed by atoms with Crippen molar-refractivity contribution in [2.24, 2.45) is 0 Å². The number of methoxy groups -OCH3 is 1. The van der Waals surface area contributed by atoms with Crippen LogP contribution in [0.25, 0.3) is 0 Å². The Morgan fingerprint density at radius 3 is 2.79 bits per heavy atom. The first-order valence-corrected chi connectivity index (χ1v) is 6.58. The monoisotopic (exact) mass is 264 g/mol. The number of esters is 1. The number of pyridine rings is 1. The Morgan fingerprint density at radius 1 is 1.47 bits per heavy atom. The predicted molar refractivity (Wildman–Crippen MR) is 72.4 cm³/mol. The van der Waals surface area contributed by atoms with Crippen LogP contribution in [0.5, 0.6) is 0 Å². The first-order valence-electron chi connectivity index (χ1n) is 6.58. The Kier molecular flexibility index (Phi) is 4.37. The molecule has 1 aromatic rings. The van der Waals surface area contributed by atoms with Crippen LogP contribution < -0.4 is 5.32 Å². The number of carbonyl (C=O) groups excluding carboxylic acids is 1. The highest BCUT2D eigenvalue weighted by Gasteiger charge is 2.29. The van der Waals surface area contributed by atoms with Crippen molar-refractivity contribution >= 4 is 11.8 Å². The summed E-state index contributed by atoms with van der Waals surface area (Å²) in [5.74, 6) is 0.446. The molecule has 5 nitrogen and oxygen atoms in total. The van der Waals surface area contributed by atoms with Gasteiger partial charge >= 0.3 is 5.97 Å². The third kappa shape index (κ3) is 3.23. The van der Waals surface area contributed by atoms with E-state index in [0.717, 1.165) is 25.3 Å². The van der Waals surface area contributed by atoms with Crippen molar-refractivity contribution in [3.05, 3.63) is 23.4 Å². The van der Waals surface area contributed by atoms with Crippen LogP contribution in [0.4, 0.5) is 5.82 Å². The molecule has 104 valence electrons. The number of anilines is 1. The fourth-order valence-corrected chi connectivity index (χ4v) is 2.23. The molecule has 0 unspecified atom stereocenters. The van der Waals surface area contributed by atoms with Gasteiger partial charge < -0.3 is 14.8 Å². The molecule has 0 bridgehead atoms. The molecule has 19 heavy (non-hydrogen) atoms. The van der Waals surface area contributed by atoms with Gasteiger partial charge in [-0.1, -0.05) is 0 Å². The van der Waals surface area contributed by atoms with Crippen LogP contribution in [-0.2, 0) is 9.47 Å². The van der Waals surface area contributed by atoms with Crippen LogP contribution in [0.15, 0.2) is 12.1 Å². The van der Waals surface area contributed by atoms with E-state index in [4.69, 9.17) is 9.47 Å². The topological polar surface area (TPSA) is 60.5 Å². The number of hydrogen-bond donors (Lipinski definition) is 1. The minimum absolute atomic E-state index is 0.350. The van der Waals surface area contributed by atoms with Crippen molar-refractivity contribution in [1.82, 2.24) is 4.98 Å². The van der Waals surface area contributed by atoms with E-state index in [1.54, 1.807) is 13.0 Å². The molecule has 0 radical (unpaired) electrons. The fourth-order valence-electron chi connectivity index (χ4n) is 2.23. The van der Waals surface area contributed by atoms with Gasteiger partial charge in [0, 0.05) is 12.6 Å². The van der Waals surface area contributed by atoms with Crippen LogP contribution in [-0.4, -0.2) is 36.8 Å². The minimum Gasteiger partial charge on any atom is -0.465 e. The van der Waals surface area contributed by atoms with Gasteiger partial charge in [0.15, 0.2) is 0 Å². The number of aromatic nitrogens is 1. The van der Waals surface area contributed by atoms with Crippen LogP contribution in [0.3, 0.4) is 0 Å². The van der Waals surface area contributed by atoms with Gasteiger partial charge in [-0.25, -0.2) is 9.78 Å². The average molecular weight is 264 g/mol. The summed E-state index contributed by atoms with van der Waals surface area (Å²) < 4.78 is 10.2. The molecule has 1 heterocycles. The molecule has 1 aliphatic carbocycles. The maximum atomic E-state index is 11.5. The zero-order valence-corrected chi connectivity index (χ0v) is 11.6. The average Bonchev–Trinajstić information content (AvgIpc) is 2.35. The molecule has 0 atom stereocenters. The summed E-state index contributed by atoms with van der Waals surface area (Å²) >= 11 is 0. The van der Waals surface area contributed by atoms with E-state index in [2.05, 4.69) is 10.3 Å². The largest absolute Gasteiger partial charge is 0.465 e. The first-order chi connectivity index (χ1) is 9.13. The van der Waals surface area contributed by atoms with Gasteiger partial charge in [0.1, 0.15) is 5.82 Å². The minimum atomic E-state index is -0.350. The van der Waals surface area contributed by atoms with E-state index in [0.29, 0.717) is 23.4 Å². The van der Waals surface area contributed by atoms with Gasteiger partial charge in [0.05, 0.1) is 24.5 Å². The Morgan fingerprint density at radius 2 is 2.21 bits per heavy atom. The standard InChI is InChI=1S/C14H20N2O3/c1-4-19-11-7-10(8-11)16-13-6-5-12(9(2)15-13)14(17)18-3/h5-6,10-11H,4,7-8H2,1-3H3,(H,15,16). The lowest BCUT2D eigenvalue weighted by Crippen LogP contribution is -2.41. The Labute approximate surface area is 113 Å². The quantitative estimate of drug-likeness (QED) is 0.826. The van der Waals surface area contributed by atoms with E-state index in [1.165, 1.54) is 7.11 Å². The zero-order valence-electron chi connectivity index (χ0n) is 11.6. The number of carbonyl (C=O) groups is 1. The van der Waals surface area contributed by atoms with Crippen molar-refractivity contribution in [2.75, 3.05) is 19.0 Å². The summed E-state index contributed by atoms with van der Waals surface area (Å²) in [5.41, 5.74) is 1.19. The summed E-state index contributed by atoms with van der Waals surface area (Å²) in [6.45, 7) is 4.58. The van der Waals surface area contributed by atoms with E-state index in [9.17, 15) is 4.79 Å². The second-order valence-electron chi connectivity index (χ2n) is 4.71. The molecule has 1 aliphatic rings. The zero-order chi connectivity index (χ0) is 13.8. The lowest BCUT2D eigenvalue weighted by molar-refractivity contribution is 0.00292. The first kappa shape index (κ1) is 13.8. The second-order valence-corrected chi connectivity index (χ2v) is 4.71. The second kappa shape index (κ2) is 6.02. The van der Waals surface area contributed by atoms with Gasteiger partial charge in [-0.2, -0.15) is 0 Å². The highest BCUT2D eigenvalue weighted by molar-refractivity contribution is 5.90. The maximum Gasteiger partial charge on any atom is 0.339 e. The highest BCUT2D eigenvalue weighted by atomic mass is 16.5. The molecular formula is C14H20N2O3. The van der Waals surface area contributed by atoms with Gasteiger partial charge in [0.25, 0.3) is 0 Å². The molecular weight excluding hydrogens is 244 g/mol. The Hall–Kier alpha value is -1.62. The van der Waals surface area contributed by atoms with Crippen LogP contribution in [0.2, 0.25) is 0 Å². The van der Waals surface area contributed by atoms with Gasteiger partial charge in [-0.3, -0.25) is 0 Å². The summed E-state index contributed by atoms with van der Waals surface area (Å²) in [4.78, 5) is 15.8. The normalized spacial score (nSPS) is 21.6. The molecule has 0 spiro atoms. The maximum absolute atomic E-state index is 11.5. The van der Waals surface area contributed by atoms with Crippen molar-refractivity contribution in [3.63, 3.8) is 0 Å². The number of rotatable bonds is 5. The lowest BCUT2D eigenvalue weighted by atomic mass is 9.89. The Bertz CT molecular complexity index is 456. The summed E-state index contributed by atoms with van der Waals surface area (Å²) in [6.07, 6.45) is 2.39. The molecule has 1 aromatic heterocycles. The van der Waals surface area contributed by atoms with E-state index in [1.807, 2.05) is 13.0 Å². The van der Waals surface area contributed by atoms with Crippen molar-refractivity contribution < 1.29 is 14.3 Å². The molecule has 1 saturated carbocycles. The van der Waals surface area contributed by atoms with Gasteiger partial charge in [0.2, 0.25) is 0 Å². The smallest absolute Gasteiger partial charge is 0.339 e.